The lowest BCUT2D eigenvalue weighted by Gasteiger charge is -2.42. The Labute approximate surface area is 242 Å². The molecule has 0 aromatic heterocycles. The molecule has 2 aromatic rings. The van der Waals surface area contributed by atoms with E-state index in [-0.39, 0.29) is 38.6 Å². The summed E-state index contributed by atoms with van der Waals surface area (Å²) in [5.41, 5.74) is 1.02. The topological polar surface area (TPSA) is 75.6 Å². The van der Waals surface area contributed by atoms with Crippen LogP contribution in [0.3, 0.4) is 0 Å². The number of halogens is 5. The van der Waals surface area contributed by atoms with Gasteiger partial charge in [0.15, 0.2) is 5.75 Å². The van der Waals surface area contributed by atoms with Crippen molar-refractivity contribution in [3.05, 3.63) is 63.1 Å². The molecule has 10 heteroatoms. The van der Waals surface area contributed by atoms with Gasteiger partial charge in [0.25, 0.3) is 5.91 Å². The Kier molecular flexibility index (Phi) is 9.93. The lowest BCUT2D eigenvalue weighted by Crippen LogP contribution is -2.37. The van der Waals surface area contributed by atoms with Crippen molar-refractivity contribution in [1.82, 2.24) is 5.32 Å². The first-order valence-electron chi connectivity index (χ1n) is 13.8. The Morgan fingerprint density at radius 3 is 2.10 bits per heavy atom. The smallest absolute Gasteiger partial charge is 0.391 e. The summed E-state index contributed by atoms with van der Waals surface area (Å²) in [5, 5.41) is 12.0. The summed E-state index contributed by atoms with van der Waals surface area (Å²) in [4.78, 5) is 23.2. The van der Waals surface area contributed by atoms with Crippen LogP contribution in [0.25, 0.3) is 0 Å². The molecule has 0 bridgehead atoms. The van der Waals surface area contributed by atoms with Gasteiger partial charge < -0.3 is 15.2 Å². The van der Waals surface area contributed by atoms with E-state index in [0.717, 1.165) is 18.4 Å². The first kappa shape index (κ1) is 30.5. The fourth-order valence-electron chi connectivity index (χ4n) is 6.04. The molecule has 0 atom stereocenters. The Hall–Kier alpha value is -2.45. The molecule has 0 saturated heterocycles. The van der Waals surface area contributed by atoms with Crippen LogP contribution >= 0.6 is 23.2 Å². The molecule has 4 rings (SSSR count). The van der Waals surface area contributed by atoms with Crippen molar-refractivity contribution in [2.24, 2.45) is 11.8 Å². The molecule has 2 aliphatic carbocycles. The molecule has 0 aliphatic heterocycles. The summed E-state index contributed by atoms with van der Waals surface area (Å²) in [5.74, 6) is -1.98. The van der Waals surface area contributed by atoms with Crippen LogP contribution in [0.15, 0.2) is 36.4 Å². The fourth-order valence-corrected chi connectivity index (χ4v) is 6.63. The quantitative estimate of drug-likeness (QED) is 0.304. The molecule has 2 aromatic carbocycles. The zero-order valence-corrected chi connectivity index (χ0v) is 23.7. The molecule has 2 N–H and O–H groups in total. The lowest BCUT2D eigenvalue weighted by molar-refractivity contribution is -0.184. The van der Waals surface area contributed by atoms with Crippen molar-refractivity contribution >= 4 is 35.1 Å². The van der Waals surface area contributed by atoms with Crippen molar-refractivity contribution in [1.29, 1.82) is 0 Å². The number of nitrogens with one attached hydrogen (secondary N) is 1. The van der Waals surface area contributed by atoms with Gasteiger partial charge in [0.05, 0.1) is 29.0 Å². The van der Waals surface area contributed by atoms with Gasteiger partial charge >= 0.3 is 12.1 Å². The minimum Gasteiger partial charge on any atom is -0.490 e. The van der Waals surface area contributed by atoms with Crippen LogP contribution in [-0.4, -0.2) is 36.3 Å². The Bertz CT molecular complexity index is 1170. The van der Waals surface area contributed by atoms with Crippen LogP contribution in [0, 0.1) is 11.8 Å². The maximum atomic E-state index is 13.6. The number of alkyl halides is 3. The third-order valence-electron chi connectivity index (χ3n) is 8.37. The van der Waals surface area contributed by atoms with E-state index in [0.29, 0.717) is 39.4 Å². The highest BCUT2D eigenvalue weighted by molar-refractivity contribution is 6.37. The highest BCUT2D eigenvalue weighted by atomic mass is 35.5. The van der Waals surface area contributed by atoms with Gasteiger partial charge in [0.1, 0.15) is 0 Å². The molecular formula is C30H34Cl2F3NO4. The second-order valence-corrected chi connectivity index (χ2v) is 11.8. The minimum atomic E-state index is -4.27. The number of rotatable bonds is 9. The molecule has 40 heavy (non-hydrogen) atoms. The molecule has 0 spiro atoms. The number of benzene rings is 2. The highest BCUT2D eigenvalue weighted by Gasteiger charge is 2.47. The number of amides is 1. The highest BCUT2D eigenvalue weighted by Crippen LogP contribution is 2.52. The monoisotopic (exact) mass is 599 g/mol. The fraction of sp³-hybridized carbons (Fsp3) is 0.533. The van der Waals surface area contributed by atoms with E-state index in [1.807, 2.05) is 0 Å². The number of carboxylic acids is 1. The van der Waals surface area contributed by atoms with Gasteiger partial charge in [-0.25, -0.2) is 0 Å². The number of ether oxygens (including phenoxy) is 1. The van der Waals surface area contributed by atoms with Crippen LogP contribution in [0.5, 0.6) is 5.75 Å². The number of aliphatic carboxylic acids is 1. The molecule has 0 radical (unpaired) electrons. The summed E-state index contributed by atoms with van der Waals surface area (Å²) in [6.45, 7) is 0.512. The van der Waals surface area contributed by atoms with Crippen molar-refractivity contribution in [2.45, 2.75) is 75.8 Å². The molecule has 5 nitrogen and oxygen atoms in total. The van der Waals surface area contributed by atoms with Crippen LogP contribution in [0.1, 0.15) is 85.7 Å². The van der Waals surface area contributed by atoms with Crippen LogP contribution in [0.4, 0.5) is 13.2 Å². The van der Waals surface area contributed by atoms with Crippen LogP contribution in [0.2, 0.25) is 10.0 Å². The summed E-state index contributed by atoms with van der Waals surface area (Å²) < 4.78 is 46.8. The molecule has 2 saturated carbocycles. The molecule has 2 fully saturated rings. The summed E-state index contributed by atoms with van der Waals surface area (Å²) in [6.07, 6.45) is 1.70. The van der Waals surface area contributed by atoms with Gasteiger partial charge in [-0.3, -0.25) is 9.59 Å². The number of carbonyl (C=O) groups is 2. The number of hydrogen-bond acceptors (Lipinski definition) is 3. The van der Waals surface area contributed by atoms with E-state index >= 15 is 0 Å². The Morgan fingerprint density at radius 2 is 1.55 bits per heavy atom. The standard InChI is InChI=1S/C30H34Cl2F3NO4/c31-24-16-23(17-25(32)27(24)40-18-19-4-2-1-3-5-19)29(13-10-22(11-14-29)30(33,34)35)21-8-6-20(7-9-21)28(39)36-15-12-26(37)38/h6-9,16-17,19,22H,1-5,10-15,18H2,(H,36,39)(H,37,38). The molecular weight excluding hydrogens is 566 g/mol. The zero-order valence-electron chi connectivity index (χ0n) is 22.2. The van der Waals surface area contributed by atoms with Crippen LogP contribution < -0.4 is 10.1 Å². The Balaban J connectivity index is 1.60. The second kappa shape index (κ2) is 13.0. The molecule has 0 unspecified atom stereocenters. The van der Waals surface area contributed by atoms with Gasteiger partial charge in [-0.1, -0.05) is 54.6 Å². The average Bonchev–Trinajstić information content (AvgIpc) is 2.92. The molecule has 0 heterocycles. The van der Waals surface area contributed by atoms with E-state index in [1.54, 1.807) is 36.4 Å². The average molecular weight is 601 g/mol. The van der Waals surface area contributed by atoms with Crippen molar-refractivity contribution < 1.29 is 32.6 Å². The van der Waals surface area contributed by atoms with Crippen molar-refractivity contribution in [2.75, 3.05) is 13.2 Å². The van der Waals surface area contributed by atoms with Crippen molar-refractivity contribution in [3.63, 3.8) is 0 Å². The molecule has 2 aliphatic rings. The largest absolute Gasteiger partial charge is 0.490 e. The Morgan fingerprint density at radius 1 is 0.950 bits per heavy atom. The third kappa shape index (κ3) is 7.24. The van der Waals surface area contributed by atoms with Gasteiger partial charge in [-0.05, 0) is 79.8 Å². The third-order valence-corrected chi connectivity index (χ3v) is 8.93. The van der Waals surface area contributed by atoms with E-state index in [1.165, 1.54) is 19.3 Å². The van der Waals surface area contributed by atoms with Gasteiger partial charge in [-0.15, -0.1) is 0 Å². The normalized spacial score (nSPS) is 22.1. The van der Waals surface area contributed by atoms with E-state index in [2.05, 4.69) is 5.32 Å². The predicted molar refractivity (Wildman–Crippen MR) is 148 cm³/mol. The van der Waals surface area contributed by atoms with Gasteiger partial charge in [0, 0.05) is 17.5 Å². The summed E-state index contributed by atoms with van der Waals surface area (Å²) in [6, 6.07) is 10.2. The maximum Gasteiger partial charge on any atom is 0.391 e. The molecule has 1 amide bonds. The van der Waals surface area contributed by atoms with Gasteiger partial charge in [0.2, 0.25) is 0 Å². The zero-order chi connectivity index (χ0) is 28.9. The number of carbonyl (C=O) groups excluding carboxylic acids is 1. The maximum absolute atomic E-state index is 13.6. The first-order chi connectivity index (χ1) is 19.0. The van der Waals surface area contributed by atoms with E-state index < -0.39 is 29.4 Å². The minimum absolute atomic E-state index is 0.00908. The predicted octanol–water partition coefficient (Wildman–Crippen LogP) is 8.20. The summed E-state index contributed by atoms with van der Waals surface area (Å²) >= 11 is 13.4. The summed E-state index contributed by atoms with van der Waals surface area (Å²) in [7, 11) is 0. The second-order valence-electron chi connectivity index (χ2n) is 11.0. The van der Waals surface area contributed by atoms with E-state index in [9.17, 15) is 22.8 Å². The van der Waals surface area contributed by atoms with E-state index in [4.69, 9.17) is 33.0 Å². The first-order valence-corrected chi connectivity index (χ1v) is 14.5. The number of hydrogen-bond donors (Lipinski definition) is 2. The lowest BCUT2D eigenvalue weighted by atomic mass is 9.63. The SMILES string of the molecule is O=C(O)CCNC(=O)c1ccc(C2(c3cc(Cl)c(OCC4CCCCC4)c(Cl)c3)CCC(C(F)(F)F)CC2)cc1. The van der Waals surface area contributed by atoms with Crippen LogP contribution in [-0.2, 0) is 10.2 Å². The van der Waals surface area contributed by atoms with Gasteiger partial charge in [-0.2, -0.15) is 13.2 Å². The number of carboxylic acid groups (broad SMARTS) is 1. The molecule has 218 valence electrons. The van der Waals surface area contributed by atoms with Crippen molar-refractivity contribution in [3.8, 4) is 5.75 Å².